The van der Waals surface area contributed by atoms with Crippen LogP contribution < -0.4 is 5.32 Å². The molecule has 0 unspecified atom stereocenters. The van der Waals surface area contributed by atoms with E-state index >= 15 is 0 Å². The second-order valence-electron chi connectivity index (χ2n) is 3.95. The number of aliphatic hydroxyl groups excluding tert-OH is 1. The molecule has 2 N–H and O–H groups in total. The standard InChI is InChI=1S/C15H10ClFN2O2/c16-10-6-7-13(17)12(9-10)15(21)19-14-5-1-3-11(18-14)4-2-8-20/h1,3,5-7,9,20H,8H2,(H,18,19,21). The average molecular weight is 305 g/mol. The lowest BCUT2D eigenvalue weighted by atomic mass is 10.2. The number of aromatic nitrogens is 1. The normalized spacial score (nSPS) is 9.67. The third-order valence-corrected chi connectivity index (χ3v) is 2.69. The Morgan fingerprint density at radius 1 is 1.38 bits per heavy atom. The largest absolute Gasteiger partial charge is 0.384 e. The molecule has 0 aliphatic heterocycles. The number of anilines is 1. The summed E-state index contributed by atoms with van der Waals surface area (Å²) < 4.78 is 13.6. The van der Waals surface area contributed by atoms with Gasteiger partial charge in [-0.05, 0) is 36.3 Å². The average Bonchev–Trinajstić information content (AvgIpc) is 2.48. The first-order chi connectivity index (χ1) is 10.1. The van der Waals surface area contributed by atoms with Crippen LogP contribution in [0.4, 0.5) is 10.2 Å². The summed E-state index contributed by atoms with van der Waals surface area (Å²) in [6.07, 6.45) is 0. The van der Waals surface area contributed by atoms with Crippen molar-refractivity contribution >= 4 is 23.3 Å². The number of rotatable bonds is 2. The monoisotopic (exact) mass is 304 g/mol. The zero-order valence-electron chi connectivity index (χ0n) is 10.7. The van der Waals surface area contributed by atoms with Crippen LogP contribution in [0.1, 0.15) is 16.1 Å². The lowest BCUT2D eigenvalue weighted by molar-refractivity contribution is 0.102. The first-order valence-electron chi connectivity index (χ1n) is 5.93. The van der Waals surface area contributed by atoms with Gasteiger partial charge in [-0.25, -0.2) is 9.37 Å². The molecule has 1 aromatic carbocycles. The van der Waals surface area contributed by atoms with E-state index in [1.165, 1.54) is 12.1 Å². The highest BCUT2D eigenvalue weighted by Gasteiger charge is 2.13. The van der Waals surface area contributed by atoms with Gasteiger partial charge < -0.3 is 10.4 Å². The van der Waals surface area contributed by atoms with E-state index in [1.807, 2.05) is 0 Å². The zero-order valence-corrected chi connectivity index (χ0v) is 11.5. The van der Waals surface area contributed by atoms with Gasteiger partial charge in [-0.1, -0.05) is 23.6 Å². The number of hydrogen-bond acceptors (Lipinski definition) is 3. The summed E-state index contributed by atoms with van der Waals surface area (Å²) in [7, 11) is 0. The van der Waals surface area contributed by atoms with Crippen LogP contribution in [0.3, 0.4) is 0 Å². The fraction of sp³-hybridized carbons (Fsp3) is 0.0667. The Morgan fingerprint density at radius 3 is 2.95 bits per heavy atom. The predicted octanol–water partition coefficient (Wildman–Crippen LogP) is 2.47. The maximum atomic E-state index is 13.6. The van der Waals surface area contributed by atoms with E-state index in [2.05, 4.69) is 22.1 Å². The molecule has 0 atom stereocenters. The number of benzene rings is 1. The molecule has 21 heavy (non-hydrogen) atoms. The van der Waals surface area contributed by atoms with Crippen molar-refractivity contribution in [1.82, 2.24) is 4.98 Å². The number of nitrogens with one attached hydrogen (secondary N) is 1. The van der Waals surface area contributed by atoms with Gasteiger partial charge in [-0.3, -0.25) is 4.79 Å². The number of carbonyl (C=O) groups excluding carboxylic acids is 1. The number of hydrogen-bond donors (Lipinski definition) is 2. The summed E-state index contributed by atoms with van der Waals surface area (Å²) in [5.41, 5.74) is 0.213. The third-order valence-electron chi connectivity index (χ3n) is 2.46. The van der Waals surface area contributed by atoms with Gasteiger partial charge in [0.2, 0.25) is 0 Å². The molecule has 0 aliphatic rings. The first-order valence-corrected chi connectivity index (χ1v) is 6.31. The van der Waals surface area contributed by atoms with E-state index in [9.17, 15) is 9.18 Å². The van der Waals surface area contributed by atoms with Crippen molar-refractivity contribution in [1.29, 1.82) is 0 Å². The smallest absolute Gasteiger partial charge is 0.259 e. The predicted molar refractivity (Wildman–Crippen MR) is 77.6 cm³/mol. The van der Waals surface area contributed by atoms with Crippen molar-refractivity contribution in [3.8, 4) is 11.8 Å². The van der Waals surface area contributed by atoms with Gasteiger partial charge in [0.15, 0.2) is 0 Å². The van der Waals surface area contributed by atoms with E-state index < -0.39 is 11.7 Å². The molecule has 4 nitrogen and oxygen atoms in total. The highest BCUT2D eigenvalue weighted by molar-refractivity contribution is 6.31. The Balaban J connectivity index is 2.21. The molecule has 0 radical (unpaired) electrons. The van der Waals surface area contributed by atoms with E-state index in [1.54, 1.807) is 18.2 Å². The van der Waals surface area contributed by atoms with Gasteiger partial charge in [0.1, 0.15) is 23.9 Å². The van der Waals surface area contributed by atoms with Crippen molar-refractivity contribution in [2.24, 2.45) is 0 Å². The molecule has 0 spiro atoms. The fourth-order valence-corrected chi connectivity index (χ4v) is 1.73. The fourth-order valence-electron chi connectivity index (χ4n) is 1.56. The Labute approximate surface area is 125 Å². The molecular formula is C15H10ClFN2O2. The number of carbonyl (C=O) groups is 1. The summed E-state index contributed by atoms with van der Waals surface area (Å²) in [6, 6.07) is 8.52. The van der Waals surface area contributed by atoms with Gasteiger partial charge in [0.25, 0.3) is 5.91 Å². The van der Waals surface area contributed by atoms with Crippen LogP contribution >= 0.6 is 11.6 Å². The molecule has 0 saturated carbocycles. The summed E-state index contributed by atoms with van der Waals surface area (Å²) in [5, 5.41) is 11.3. The minimum Gasteiger partial charge on any atom is -0.384 e. The molecule has 1 aromatic heterocycles. The van der Waals surface area contributed by atoms with Gasteiger partial charge in [-0.2, -0.15) is 0 Å². The Kier molecular flexibility index (Phi) is 4.88. The summed E-state index contributed by atoms with van der Waals surface area (Å²) in [4.78, 5) is 16.0. The Hall–Kier alpha value is -2.42. The van der Waals surface area contributed by atoms with E-state index in [4.69, 9.17) is 16.7 Å². The van der Waals surface area contributed by atoms with Crippen LogP contribution in [0.25, 0.3) is 0 Å². The van der Waals surface area contributed by atoms with Crippen molar-refractivity contribution < 1.29 is 14.3 Å². The highest BCUT2D eigenvalue weighted by atomic mass is 35.5. The van der Waals surface area contributed by atoms with Gasteiger partial charge in [-0.15, -0.1) is 0 Å². The topological polar surface area (TPSA) is 62.2 Å². The highest BCUT2D eigenvalue weighted by Crippen LogP contribution is 2.16. The summed E-state index contributed by atoms with van der Waals surface area (Å²) >= 11 is 5.74. The lowest BCUT2D eigenvalue weighted by Gasteiger charge is -2.06. The molecule has 0 bridgehead atoms. The molecule has 2 rings (SSSR count). The first kappa shape index (κ1) is 15.0. The molecule has 1 heterocycles. The SMILES string of the molecule is O=C(Nc1cccc(C#CCO)n1)c1cc(Cl)ccc1F. The van der Waals surface area contributed by atoms with Crippen molar-refractivity contribution in [3.05, 3.63) is 58.5 Å². The van der Waals surface area contributed by atoms with Crippen LogP contribution in [0, 0.1) is 17.7 Å². The summed E-state index contributed by atoms with van der Waals surface area (Å²) in [5.74, 6) is 3.95. The maximum absolute atomic E-state index is 13.6. The van der Waals surface area contributed by atoms with E-state index in [0.29, 0.717) is 5.69 Å². The van der Waals surface area contributed by atoms with Gasteiger partial charge in [0.05, 0.1) is 5.56 Å². The number of pyridine rings is 1. The molecule has 0 fully saturated rings. The second-order valence-corrected chi connectivity index (χ2v) is 4.38. The minimum atomic E-state index is -0.673. The van der Waals surface area contributed by atoms with Crippen molar-refractivity contribution in [2.45, 2.75) is 0 Å². The molecule has 6 heteroatoms. The van der Waals surface area contributed by atoms with Crippen molar-refractivity contribution in [2.75, 3.05) is 11.9 Å². The van der Waals surface area contributed by atoms with Crippen LogP contribution in [0.5, 0.6) is 0 Å². The Morgan fingerprint density at radius 2 is 2.19 bits per heavy atom. The second kappa shape index (κ2) is 6.84. The van der Waals surface area contributed by atoms with Gasteiger partial charge >= 0.3 is 0 Å². The van der Waals surface area contributed by atoms with Crippen LogP contribution in [-0.2, 0) is 0 Å². The quantitative estimate of drug-likeness (QED) is 0.838. The van der Waals surface area contributed by atoms with E-state index in [-0.39, 0.29) is 23.0 Å². The number of nitrogens with zero attached hydrogens (tertiary/aromatic N) is 1. The van der Waals surface area contributed by atoms with Crippen molar-refractivity contribution in [3.63, 3.8) is 0 Å². The molecular weight excluding hydrogens is 295 g/mol. The molecule has 0 saturated heterocycles. The summed E-state index contributed by atoms with van der Waals surface area (Å²) in [6.45, 7) is -0.286. The number of halogens is 2. The number of amides is 1. The van der Waals surface area contributed by atoms with Crippen LogP contribution in [-0.4, -0.2) is 22.6 Å². The molecule has 0 aliphatic carbocycles. The lowest BCUT2D eigenvalue weighted by Crippen LogP contribution is -2.14. The molecule has 2 aromatic rings. The molecule has 106 valence electrons. The number of aliphatic hydroxyl groups is 1. The maximum Gasteiger partial charge on any atom is 0.259 e. The zero-order chi connectivity index (χ0) is 15.2. The van der Waals surface area contributed by atoms with Crippen LogP contribution in [0.2, 0.25) is 5.02 Å². The Bertz CT molecular complexity index is 738. The minimum absolute atomic E-state index is 0.170. The van der Waals surface area contributed by atoms with Gasteiger partial charge in [0, 0.05) is 5.02 Å². The van der Waals surface area contributed by atoms with Crippen LogP contribution in [0.15, 0.2) is 36.4 Å². The third kappa shape index (κ3) is 4.02. The molecule has 1 amide bonds. The van der Waals surface area contributed by atoms with E-state index in [0.717, 1.165) is 6.07 Å².